The highest BCUT2D eigenvalue weighted by Crippen LogP contribution is 2.48. The maximum absolute atomic E-state index is 13.4. The molecule has 1 aliphatic heterocycles. The van der Waals surface area contributed by atoms with E-state index in [4.69, 9.17) is 4.74 Å². The summed E-state index contributed by atoms with van der Waals surface area (Å²) in [6.45, 7) is -0.278. The Labute approximate surface area is 139 Å². The fraction of sp³-hybridized carbons (Fsp3) is 1.00. The SMILES string of the molecule is O=S(=O)(/N=N/N1CCOCC1)C(F)(F)C(F)(F)OC(F)(F)C(F)(F)Cl. The molecule has 25 heavy (non-hydrogen) atoms. The lowest BCUT2D eigenvalue weighted by molar-refractivity contribution is -0.442. The highest BCUT2D eigenvalue weighted by Gasteiger charge is 2.74. The lowest BCUT2D eigenvalue weighted by atomic mass is 10.5. The van der Waals surface area contributed by atoms with Crippen LogP contribution in [-0.2, 0) is 19.5 Å². The molecular weight excluding hydrogens is 422 g/mol. The maximum Gasteiger partial charge on any atom is 0.457 e. The van der Waals surface area contributed by atoms with Crippen molar-refractivity contribution in [3.63, 3.8) is 0 Å². The van der Waals surface area contributed by atoms with Crippen molar-refractivity contribution < 1.29 is 53.0 Å². The minimum Gasteiger partial charge on any atom is -0.378 e. The summed E-state index contributed by atoms with van der Waals surface area (Å²) in [5, 5.41) is -8.80. The predicted molar refractivity (Wildman–Crippen MR) is 62.9 cm³/mol. The number of hydrogen-bond acceptors (Lipinski definition) is 5. The summed E-state index contributed by atoms with van der Waals surface area (Å²) < 4.78 is 134. The van der Waals surface area contributed by atoms with Gasteiger partial charge in [0.15, 0.2) is 0 Å². The maximum atomic E-state index is 13.4. The highest BCUT2D eigenvalue weighted by atomic mass is 35.5. The van der Waals surface area contributed by atoms with Crippen LogP contribution in [0.4, 0.5) is 35.1 Å². The zero-order valence-electron chi connectivity index (χ0n) is 11.6. The Kier molecular flexibility index (Phi) is 6.13. The number of ether oxygens (including phenoxy) is 2. The van der Waals surface area contributed by atoms with E-state index in [0.29, 0.717) is 0 Å². The summed E-state index contributed by atoms with van der Waals surface area (Å²) in [4.78, 5) is 0. The van der Waals surface area contributed by atoms with Crippen LogP contribution in [0.2, 0.25) is 0 Å². The molecule has 0 N–H and O–H groups in total. The van der Waals surface area contributed by atoms with Crippen LogP contribution in [0.25, 0.3) is 0 Å². The zero-order chi connectivity index (χ0) is 19.7. The summed E-state index contributed by atoms with van der Waals surface area (Å²) in [5.74, 6) is 0. The second-order valence-electron chi connectivity index (χ2n) is 4.36. The Hall–Kier alpha value is -1.00. The molecule has 0 radical (unpaired) electrons. The van der Waals surface area contributed by atoms with Gasteiger partial charge in [-0.1, -0.05) is 5.22 Å². The van der Waals surface area contributed by atoms with E-state index in [9.17, 15) is 43.5 Å². The molecule has 0 aromatic heterocycles. The van der Waals surface area contributed by atoms with E-state index in [1.165, 1.54) is 0 Å². The molecule has 0 amide bonds. The van der Waals surface area contributed by atoms with Crippen LogP contribution in [0, 0.1) is 0 Å². The van der Waals surface area contributed by atoms with Gasteiger partial charge in [-0.05, 0) is 16.1 Å². The van der Waals surface area contributed by atoms with Crippen molar-refractivity contribution in [2.75, 3.05) is 26.3 Å². The van der Waals surface area contributed by atoms with Crippen LogP contribution < -0.4 is 0 Å². The van der Waals surface area contributed by atoms with E-state index in [0.717, 1.165) is 5.01 Å². The Bertz CT molecular complexity index is 605. The summed E-state index contributed by atoms with van der Waals surface area (Å²) in [6, 6.07) is 0. The first kappa shape index (κ1) is 22.0. The van der Waals surface area contributed by atoms with Crippen LogP contribution in [0.3, 0.4) is 0 Å². The average molecular weight is 430 g/mol. The molecule has 1 saturated heterocycles. The molecule has 0 aromatic rings. The van der Waals surface area contributed by atoms with Crippen molar-refractivity contribution in [2.45, 2.75) is 22.9 Å². The van der Waals surface area contributed by atoms with Gasteiger partial charge in [-0.3, -0.25) is 5.01 Å². The number of sulfonamides is 1. The molecule has 148 valence electrons. The third-order valence-corrected chi connectivity index (χ3v) is 3.90. The second kappa shape index (κ2) is 6.96. The van der Waals surface area contributed by atoms with Gasteiger partial charge >= 0.3 is 32.9 Å². The Morgan fingerprint density at radius 2 is 1.44 bits per heavy atom. The minimum atomic E-state index is -6.61. The van der Waals surface area contributed by atoms with Gasteiger partial charge in [0.1, 0.15) is 0 Å². The van der Waals surface area contributed by atoms with Crippen LogP contribution in [-0.4, -0.2) is 62.6 Å². The van der Waals surface area contributed by atoms with Gasteiger partial charge in [0.05, 0.1) is 26.3 Å². The van der Waals surface area contributed by atoms with E-state index >= 15 is 0 Å². The lowest BCUT2D eigenvalue weighted by Gasteiger charge is -2.29. The fourth-order valence-corrected chi connectivity index (χ4v) is 1.91. The first-order chi connectivity index (χ1) is 11.0. The molecular formula is C8H8ClF8N3O4S. The molecule has 1 heterocycles. The average Bonchev–Trinajstić information content (AvgIpc) is 2.43. The summed E-state index contributed by atoms with van der Waals surface area (Å²) >= 11 is 3.76. The Morgan fingerprint density at radius 1 is 0.960 bits per heavy atom. The van der Waals surface area contributed by atoms with E-state index in [1.807, 2.05) is 9.26 Å². The highest BCUT2D eigenvalue weighted by molar-refractivity contribution is 7.91. The summed E-state index contributed by atoms with van der Waals surface area (Å²) in [7, 11) is -6.59. The third kappa shape index (κ3) is 4.79. The predicted octanol–water partition coefficient (Wildman–Crippen LogP) is 2.64. The van der Waals surface area contributed by atoms with Crippen LogP contribution >= 0.6 is 11.6 Å². The molecule has 0 aliphatic carbocycles. The van der Waals surface area contributed by atoms with Gasteiger partial charge in [0.2, 0.25) is 0 Å². The first-order valence-corrected chi connectivity index (χ1v) is 7.76. The number of nitrogens with zero attached hydrogens (tertiary/aromatic N) is 3. The molecule has 0 saturated carbocycles. The quantitative estimate of drug-likeness (QED) is 0.353. The number of rotatable bonds is 7. The zero-order valence-corrected chi connectivity index (χ0v) is 13.2. The molecule has 0 aromatic carbocycles. The molecule has 0 atom stereocenters. The van der Waals surface area contributed by atoms with Crippen molar-refractivity contribution in [3.05, 3.63) is 0 Å². The Morgan fingerprint density at radius 3 is 1.88 bits per heavy atom. The van der Waals surface area contributed by atoms with Gasteiger partial charge in [0, 0.05) is 0 Å². The number of alkyl halides is 9. The molecule has 1 aliphatic rings. The summed E-state index contributed by atoms with van der Waals surface area (Å²) in [5.41, 5.74) is 0. The molecule has 7 nitrogen and oxygen atoms in total. The van der Waals surface area contributed by atoms with Gasteiger partial charge in [0.25, 0.3) is 0 Å². The van der Waals surface area contributed by atoms with Gasteiger partial charge in [-0.2, -0.15) is 43.5 Å². The topological polar surface area (TPSA) is 80.6 Å². The third-order valence-electron chi connectivity index (χ3n) is 2.51. The second-order valence-corrected chi connectivity index (χ2v) is 6.46. The number of halogens is 9. The van der Waals surface area contributed by atoms with Crippen molar-refractivity contribution in [1.29, 1.82) is 0 Å². The van der Waals surface area contributed by atoms with E-state index in [-0.39, 0.29) is 26.3 Å². The summed E-state index contributed by atoms with van der Waals surface area (Å²) in [6.07, 6.45) is -12.9. The number of hydrogen-bond donors (Lipinski definition) is 0. The molecule has 0 spiro atoms. The van der Waals surface area contributed by atoms with Gasteiger partial charge < -0.3 is 4.74 Å². The van der Waals surface area contributed by atoms with Crippen LogP contribution in [0.5, 0.6) is 0 Å². The van der Waals surface area contributed by atoms with E-state index in [1.54, 1.807) is 0 Å². The van der Waals surface area contributed by atoms with Crippen molar-refractivity contribution in [2.24, 2.45) is 9.74 Å². The smallest absolute Gasteiger partial charge is 0.378 e. The van der Waals surface area contributed by atoms with E-state index in [2.05, 4.69) is 16.8 Å². The standard InChI is InChI=1S/C8H8ClF8N3O4S/c9-5(10,11)6(12,13)24-7(14,15)8(16,17)25(21,22)19-18-20-1-3-23-4-2-20/h1-4H2/b19-18+. The van der Waals surface area contributed by atoms with Crippen molar-refractivity contribution in [3.8, 4) is 0 Å². The minimum absolute atomic E-state index is 0.00818. The van der Waals surface area contributed by atoms with Crippen LogP contribution in [0.15, 0.2) is 9.74 Å². The molecule has 0 unspecified atom stereocenters. The Balaban J connectivity index is 3.04. The fourth-order valence-electron chi connectivity index (χ4n) is 1.22. The van der Waals surface area contributed by atoms with Gasteiger partial charge in [-0.15, -0.1) is 0 Å². The van der Waals surface area contributed by atoms with E-state index < -0.39 is 32.9 Å². The molecule has 0 bridgehead atoms. The van der Waals surface area contributed by atoms with Crippen molar-refractivity contribution in [1.82, 2.24) is 5.01 Å². The molecule has 1 rings (SSSR count). The normalized spacial score (nSPS) is 18.8. The van der Waals surface area contributed by atoms with Crippen LogP contribution in [0.1, 0.15) is 0 Å². The molecule has 1 fully saturated rings. The number of morpholine rings is 1. The van der Waals surface area contributed by atoms with Gasteiger partial charge in [-0.25, -0.2) is 4.74 Å². The lowest BCUT2D eigenvalue weighted by Crippen LogP contribution is -2.54. The largest absolute Gasteiger partial charge is 0.457 e. The monoisotopic (exact) mass is 429 g/mol. The first-order valence-electron chi connectivity index (χ1n) is 5.94. The molecule has 17 heteroatoms. The van der Waals surface area contributed by atoms with Crippen molar-refractivity contribution >= 4 is 21.6 Å².